The van der Waals surface area contributed by atoms with Gasteiger partial charge in [-0.15, -0.1) is 0 Å². The van der Waals surface area contributed by atoms with E-state index in [1.165, 1.54) is 0 Å². The predicted octanol–water partition coefficient (Wildman–Crippen LogP) is 7.98. The summed E-state index contributed by atoms with van der Waals surface area (Å²) in [5.74, 6) is 2.54. The standard InChI is InChI=1S/C41H44N4O6/c1-41(2,3)29-23-28(24-38(46)45-17-19-50-20-18-45)39(49-5)36(25-29)44-40(47)43-35-13-14-37(34-12-7-6-11-33(34)35)51-32-15-16-42-30(26-32)21-27-9-8-10-31(22-27)48-4/h6-16,22-23,25-26H,17-21,24H2,1-5H3,(H2,43,44,47). The van der Waals surface area contributed by atoms with Crippen molar-refractivity contribution < 1.29 is 28.5 Å². The first-order valence-electron chi connectivity index (χ1n) is 17.0. The van der Waals surface area contributed by atoms with Crippen molar-refractivity contribution in [2.45, 2.75) is 39.0 Å². The third kappa shape index (κ3) is 8.59. The Morgan fingerprint density at radius 2 is 1.59 bits per heavy atom. The number of ether oxygens (including phenoxy) is 4. The number of amides is 3. The Balaban J connectivity index is 1.22. The lowest BCUT2D eigenvalue weighted by Crippen LogP contribution is -2.41. The smallest absolute Gasteiger partial charge is 0.323 e. The number of nitrogens with one attached hydrogen (secondary N) is 2. The molecule has 1 aliphatic heterocycles. The highest BCUT2D eigenvalue weighted by molar-refractivity contribution is 6.08. The molecule has 3 amide bonds. The molecule has 0 atom stereocenters. The zero-order valence-corrected chi connectivity index (χ0v) is 29.7. The Hall–Kier alpha value is -5.61. The van der Waals surface area contributed by atoms with Crippen LogP contribution in [0.1, 0.15) is 43.2 Å². The Labute approximate surface area is 298 Å². The first-order chi connectivity index (χ1) is 24.6. The molecule has 0 radical (unpaired) electrons. The molecule has 0 aliphatic carbocycles. The van der Waals surface area contributed by atoms with Gasteiger partial charge in [-0.25, -0.2) is 4.79 Å². The molecule has 1 fully saturated rings. The van der Waals surface area contributed by atoms with Crippen LogP contribution in [0.3, 0.4) is 0 Å². The van der Waals surface area contributed by atoms with E-state index in [2.05, 4.69) is 36.4 Å². The maximum Gasteiger partial charge on any atom is 0.323 e. The fraction of sp³-hybridized carbons (Fsp3) is 0.293. The van der Waals surface area contributed by atoms with Gasteiger partial charge in [0.1, 0.15) is 23.0 Å². The minimum Gasteiger partial charge on any atom is -0.497 e. The van der Waals surface area contributed by atoms with Crippen molar-refractivity contribution >= 4 is 34.1 Å². The number of benzene rings is 4. The monoisotopic (exact) mass is 688 g/mol. The van der Waals surface area contributed by atoms with Gasteiger partial charge in [0, 0.05) is 53.8 Å². The molecule has 51 heavy (non-hydrogen) atoms. The Morgan fingerprint density at radius 3 is 2.33 bits per heavy atom. The van der Waals surface area contributed by atoms with Gasteiger partial charge < -0.3 is 34.5 Å². The topological polar surface area (TPSA) is 111 Å². The van der Waals surface area contributed by atoms with Gasteiger partial charge >= 0.3 is 6.03 Å². The van der Waals surface area contributed by atoms with Crippen LogP contribution in [-0.4, -0.2) is 62.3 Å². The lowest BCUT2D eigenvalue weighted by atomic mass is 9.85. The first kappa shape index (κ1) is 35.2. The summed E-state index contributed by atoms with van der Waals surface area (Å²) in [5, 5.41) is 7.66. The van der Waals surface area contributed by atoms with Gasteiger partial charge in [-0.05, 0) is 52.9 Å². The number of nitrogens with zero attached hydrogens (tertiary/aromatic N) is 2. The van der Waals surface area contributed by atoms with Gasteiger partial charge in [0.05, 0.1) is 45.2 Å². The zero-order chi connectivity index (χ0) is 36.0. The number of hydrogen-bond donors (Lipinski definition) is 2. The first-order valence-corrected chi connectivity index (χ1v) is 17.0. The molecule has 1 aromatic heterocycles. The van der Waals surface area contributed by atoms with E-state index < -0.39 is 6.03 Å². The van der Waals surface area contributed by atoms with Crippen molar-refractivity contribution in [3.63, 3.8) is 0 Å². The number of methoxy groups -OCH3 is 2. The van der Waals surface area contributed by atoms with Gasteiger partial charge in [-0.3, -0.25) is 9.78 Å². The van der Waals surface area contributed by atoms with Crippen molar-refractivity contribution in [3.05, 3.63) is 114 Å². The van der Waals surface area contributed by atoms with Gasteiger partial charge in [-0.1, -0.05) is 63.2 Å². The van der Waals surface area contributed by atoms with E-state index in [0.717, 1.165) is 33.3 Å². The molecule has 6 rings (SSSR count). The molecule has 264 valence electrons. The van der Waals surface area contributed by atoms with Gasteiger partial charge in [-0.2, -0.15) is 0 Å². The van der Waals surface area contributed by atoms with Gasteiger partial charge in [0.15, 0.2) is 0 Å². The van der Waals surface area contributed by atoms with Crippen LogP contribution in [-0.2, 0) is 27.8 Å². The summed E-state index contributed by atoms with van der Waals surface area (Å²) < 4.78 is 23.0. The molecule has 10 nitrogen and oxygen atoms in total. The second-order valence-electron chi connectivity index (χ2n) is 13.5. The van der Waals surface area contributed by atoms with Crippen molar-refractivity contribution in [3.8, 4) is 23.0 Å². The lowest BCUT2D eigenvalue weighted by molar-refractivity contribution is -0.134. The van der Waals surface area contributed by atoms with Crippen molar-refractivity contribution in [1.82, 2.24) is 9.88 Å². The van der Waals surface area contributed by atoms with E-state index in [4.69, 9.17) is 18.9 Å². The van der Waals surface area contributed by atoms with Crippen LogP contribution in [0.4, 0.5) is 16.2 Å². The SMILES string of the molecule is COc1cccc(Cc2cc(Oc3ccc(NC(=O)Nc4cc(C(C)(C)C)cc(CC(=O)N5CCOCC5)c4OC)c4ccccc34)ccn2)c1. The maximum absolute atomic E-state index is 13.6. The molecule has 0 saturated carbocycles. The number of hydrogen-bond acceptors (Lipinski definition) is 7. The number of carbonyl (C=O) groups excluding carboxylic acids is 2. The van der Waals surface area contributed by atoms with Crippen LogP contribution in [0.2, 0.25) is 0 Å². The number of rotatable bonds is 10. The lowest BCUT2D eigenvalue weighted by Gasteiger charge is -2.28. The molecule has 0 spiro atoms. The quantitative estimate of drug-likeness (QED) is 0.153. The Morgan fingerprint density at radius 1 is 0.824 bits per heavy atom. The summed E-state index contributed by atoms with van der Waals surface area (Å²) in [6, 6.07) is 26.5. The third-order valence-corrected chi connectivity index (χ3v) is 8.86. The molecule has 5 aromatic rings. The van der Waals surface area contributed by atoms with E-state index in [-0.39, 0.29) is 17.7 Å². The zero-order valence-electron chi connectivity index (χ0n) is 29.7. The second-order valence-corrected chi connectivity index (χ2v) is 13.5. The Bertz CT molecular complexity index is 2030. The average Bonchev–Trinajstić information content (AvgIpc) is 3.13. The highest BCUT2D eigenvalue weighted by Gasteiger charge is 2.24. The van der Waals surface area contributed by atoms with Crippen LogP contribution < -0.4 is 24.8 Å². The summed E-state index contributed by atoms with van der Waals surface area (Å²) in [5.41, 5.74) is 4.48. The molecular formula is C41H44N4O6. The van der Waals surface area contributed by atoms with Crippen molar-refractivity contribution in [2.75, 3.05) is 51.2 Å². The van der Waals surface area contributed by atoms with Crippen molar-refractivity contribution in [2.24, 2.45) is 0 Å². The molecule has 0 bridgehead atoms. The predicted molar refractivity (Wildman–Crippen MR) is 199 cm³/mol. The van der Waals surface area contributed by atoms with Crippen LogP contribution in [0, 0.1) is 0 Å². The summed E-state index contributed by atoms with van der Waals surface area (Å²) in [4.78, 5) is 33.2. The average molecular weight is 689 g/mol. The second kappa shape index (κ2) is 15.5. The molecule has 4 aromatic carbocycles. The van der Waals surface area contributed by atoms with E-state index >= 15 is 0 Å². The minimum atomic E-state index is -0.444. The van der Waals surface area contributed by atoms with E-state index in [9.17, 15) is 9.59 Å². The van der Waals surface area contributed by atoms with E-state index in [0.29, 0.717) is 66.9 Å². The molecule has 2 N–H and O–H groups in total. The normalized spacial score (nSPS) is 13.1. The van der Waals surface area contributed by atoms with Crippen molar-refractivity contribution in [1.29, 1.82) is 0 Å². The molecule has 1 aliphatic rings. The molecule has 1 saturated heterocycles. The minimum absolute atomic E-state index is 0.00769. The van der Waals surface area contributed by atoms with Gasteiger partial charge in [0.2, 0.25) is 5.91 Å². The number of anilines is 2. The summed E-state index contributed by atoms with van der Waals surface area (Å²) in [6.45, 7) is 8.43. The summed E-state index contributed by atoms with van der Waals surface area (Å²) >= 11 is 0. The largest absolute Gasteiger partial charge is 0.497 e. The Kier molecular flexibility index (Phi) is 10.7. The van der Waals surface area contributed by atoms with E-state index in [1.807, 2.05) is 84.9 Å². The summed E-state index contributed by atoms with van der Waals surface area (Å²) in [7, 11) is 3.20. The van der Waals surface area contributed by atoms with Crippen LogP contribution in [0.5, 0.6) is 23.0 Å². The number of urea groups is 1. The number of aromatic nitrogens is 1. The highest BCUT2D eigenvalue weighted by atomic mass is 16.5. The number of pyridine rings is 1. The number of fused-ring (bicyclic) bond motifs is 1. The fourth-order valence-electron chi connectivity index (χ4n) is 6.15. The molecule has 2 heterocycles. The maximum atomic E-state index is 13.6. The highest BCUT2D eigenvalue weighted by Crippen LogP contribution is 2.37. The van der Waals surface area contributed by atoms with Crippen LogP contribution >= 0.6 is 0 Å². The number of carbonyl (C=O) groups is 2. The summed E-state index contributed by atoms with van der Waals surface area (Å²) in [6.07, 6.45) is 2.51. The van der Waals surface area contributed by atoms with Crippen LogP contribution in [0.25, 0.3) is 10.8 Å². The van der Waals surface area contributed by atoms with E-state index in [1.54, 1.807) is 25.3 Å². The molecule has 10 heteroatoms. The molecular weight excluding hydrogens is 644 g/mol. The number of morpholine rings is 1. The van der Waals surface area contributed by atoms with Crippen LogP contribution in [0.15, 0.2) is 91.1 Å². The van der Waals surface area contributed by atoms with Gasteiger partial charge in [0.25, 0.3) is 0 Å². The fourth-order valence-corrected chi connectivity index (χ4v) is 6.15. The molecule has 0 unspecified atom stereocenters. The third-order valence-electron chi connectivity index (χ3n) is 8.86.